The van der Waals surface area contributed by atoms with Crippen LogP contribution in [0.4, 0.5) is 11.4 Å². The number of allylic oxidation sites excluding steroid dienone is 1. The average molecular weight is 547 g/mol. The molecule has 1 aliphatic carbocycles. The number of fused-ring (bicyclic) bond motifs is 1. The van der Waals surface area contributed by atoms with Gasteiger partial charge in [-0.25, -0.2) is 0 Å². The number of para-hydroxylation sites is 3. The van der Waals surface area contributed by atoms with E-state index < -0.39 is 6.04 Å². The highest BCUT2D eigenvalue weighted by Crippen LogP contribution is 2.50. The van der Waals surface area contributed by atoms with E-state index in [1.54, 1.807) is 19.1 Å². The third-order valence-electron chi connectivity index (χ3n) is 8.29. The summed E-state index contributed by atoms with van der Waals surface area (Å²) in [5.74, 6) is 0.521. The summed E-state index contributed by atoms with van der Waals surface area (Å²) in [5, 5.41) is 3.58. The Bertz CT molecular complexity index is 1360. The predicted octanol–water partition coefficient (Wildman–Crippen LogP) is 4.04. The van der Waals surface area contributed by atoms with Crippen LogP contribution in [0.5, 0.6) is 11.5 Å². The fourth-order valence-corrected chi connectivity index (χ4v) is 6.34. The first-order valence-corrected chi connectivity index (χ1v) is 13.8. The van der Waals surface area contributed by atoms with Gasteiger partial charge in [-0.1, -0.05) is 38.1 Å². The van der Waals surface area contributed by atoms with Crippen LogP contribution in [0.25, 0.3) is 0 Å². The number of ketones is 1. The quantitative estimate of drug-likeness (QED) is 0.562. The van der Waals surface area contributed by atoms with Crippen molar-refractivity contribution in [2.24, 2.45) is 17.1 Å². The first-order chi connectivity index (χ1) is 19.1. The maximum Gasteiger partial charge on any atom is 0.242 e. The van der Waals surface area contributed by atoms with E-state index in [9.17, 15) is 14.4 Å². The van der Waals surface area contributed by atoms with E-state index in [0.717, 1.165) is 22.6 Å². The van der Waals surface area contributed by atoms with Crippen LogP contribution in [0.3, 0.4) is 0 Å². The number of benzene rings is 2. The van der Waals surface area contributed by atoms with E-state index in [-0.39, 0.29) is 35.5 Å². The predicted molar refractivity (Wildman–Crippen MR) is 153 cm³/mol. The second kappa shape index (κ2) is 10.9. The molecule has 0 radical (unpaired) electrons. The molecule has 3 N–H and O–H groups in total. The normalized spacial score (nSPS) is 20.7. The molecule has 2 heterocycles. The molecule has 0 spiro atoms. The number of nitrogens with one attached hydrogen (secondary N) is 1. The third kappa shape index (κ3) is 5.12. The number of nitrogens with two attached hydrogens (primary N) is 1. The van der Waals surface area contributed by atoms with Crippen molar-refractivity contribution in [2.75, 3.05) is 44.1 Å². The molecule has 1 atom stereocenters. The van der Waals surface area contributed by atoms with Gasteiger partial charge < -0.3 is 30.3 Å². The molecular formula is C31H38N4O5. The van der Waals surface area contributed by atoms with Crippen molar-refractivity contribution in [1.29, 1.82) is 0 Å². The summed E-state index contributed by atoms with van der Waals surface area (Å²) in [6.07, 6.45) is 2.19. The zero-order valence-electron chi connectivity index (χ0n) is 23.7. The van der Waals surface area contributed by atoms with Gasteiger partial charge in [0.2, 0.25) is 11.8 Å². The second-order valence-corrected chi connectivity index (χ2v) is 11.6. The summed E-state index contributed by atoms with van der Waals surface area (Å²) in [6, 6.07) is 12.9. The van der Waals surface area contributed by atoms with E-state index in [2.05, 4.69) is 19.2 Å². The number of amides is 2. The van der Waals surface area contributed by atoms with E-state index in [1.165, 1.54) is 0 Å². The first kappa shape index (κ1) is 27.6. The Morgan fingerprint density at radius 3 is 2.42 bits per heavy atom. The molecule has 5 rings (SSSR count). The van der Waals surface area contributed by atoms with Gasteiger partial charge >= 0.3 is 0 Å². The van der Waals surface area contributed by atoms with Crippen LogP contribution in [-0.2, 0) is 14.4 Å². The second-order valence-electron chi connectivity index (χ2n) is 11.6. The van der Waals surface area contributed by atoms with Gasteiger partial charge in [0.15, 0.2) is 17.3 Å². The van der Waals surface area contributed by atoms with Crippen molar-refractivity contribution < 1.29 is 23.9 Å². The van der Waals surface area contributed by atoms with Crippen LogP contribution >= 0.6 is 0 Å². The first-order valence-electron chi connectivity index (χ1n) is 13.8. The summed E-state index contributed by atoms with van der Waals surface area (Å²) < 4.78 is 11.5. The minimum atomic E-state index is -0.591. The number of anilines is 2. The number of ether oxygens (including phenoxy) is 2. The molecule has 1 saturated heterocycles. The number of rotatable bonds is 6. The maximum atomic E-state index is 14.0. The summed E-state index contributed by atoms with van der Waals surface area (Å²) >= 11 is 0. The van der Waals surface area contributed by atoms with Gasteiger partial charge in [-0.3, -0.25) is 14.4 Å². The summed E-state index contributed by atoms with van der Waals surface area (Å²) in [4.78, 5) is 43.3. The van der Waals surface area contributed by atoms with Gasteiger partial charge in [0, 0.05) is 42.3 Å². The van der Waals surface area contributed by atoms with Crippen molar-refractivity contribution in [3.63, 3.8) is 0 Å². The van der Waals surface area contributed by atoms with E-state index >= 15 is 0 Å². The molecule has 3 aliphatic rings. The molecule has 9 nitrogen and oxygen atoms in total. The number of hydrogen-bond acceptors (Lipinski definition) is 7. The lowest BCUT2D eigenvalue weighted by molar-refractivity contribution is -0.133. The molecule has 2 amide bonds. The molecule has 2 aromatic carbocycles. The topological polar surface area (TPSA) is 114 Å². The molecule has 9 heteroatoms. The fourth-order valence-electron chi connectivity index (χ4n) is 6.34. The van der Waals surface area contributed by atoms with Crippen LogP contribution < -0.4 is 25.4 Å². The molecule has 40 heavy (non-hydrogen) atoms. The number of carbonyl (C=O) groups is 3. The number of piperidine rings is 1. The van der Waals surface area contributed by atoms with Gasteiger partial charge in [-0.05, 0) is 42.9 Å². The number of Topliss-reactive ketones (excluding diaryl/α,β-unsaturated/α-hetero) is 1. The smallest absolute Gasteiger partial charge is 0.242 e. The molecule has 0 saturated carbocycles. The number of nitrogens with zero attached hydrogens (tertiary/aromatic N) is 2. The van der Waals surface area contributed by atoms with Crippen LogP contribution in [0.2, 0.25) is 0 Å². The van der Waals surface area contributed by atoms with E-state index in [1.807, 2.05) is 47.4 Å². The summed E-state index contributed by atoms with van der Waals surface area (Å²) in [7, 11) is 3.17. The van der Waals surface area contributed by atoms with Crippen molar-refractivity contribution in [3.05, 3.63) is 59.3 Å². The minimum Gasteiger partial charge on any atom is -0.493 e. The number of methoxy groups -OCH3 is 2. The number of likely N-dealkylation sites (tertiary alicyclic amines) is 1. The SMILES string of the molecule is COc1cccc(C2C3=C(CC(C)(C)CC3=O)Nc3ccccc3N2CC(=O)N2CCC(C(N)=O)CC2)c1OC. The van der Waals surface area contributed by atoms with Crippen molar-refractivity contribution in [2.45, 2.75) is 45.6 Å². The number of hydrogen-bond donors (Lipinski definition) is 2. The lowest BCUT2D eigenvalue weighted by Gasteiger charge is -2.39. The monoisotopic (exact) mass is 546 g/mol. The van der Waals surface area contributed by atoms with Crippen LogP contribution in [-0.4, -0.2) is 56.4 Å². The van der Waals surface area contributed by atoms with Crippen molar-refractivity contribution >= 4 is 29.0 Å². The summed E-state index contributed by atoms with van der Waals surface area (Å²) in [6.45, 7) is 5.18. The minimum absolute atomic E-state index is 0.0401. The Labute approximate surface area is 235 Å². The largest absolute Gasteiger partial charge is 0.493 e. The van der Waals surface area contributed by atoms with E-state index in [0.29, 0.717) is 55.8 Å². The zero-order valence-corrected chi connectivity index (χ0v) is 23.7. The fraction of sp³-hybridized carbons (Fsp3) is 0.452. The van der Waals surface area contributed by atoms with Gasteiger partial charge in [0.05, 0.1) is 38.2 Å². The Morgan fingerprint density at radius 2 is 1.75 bits per heavy atom. The molecule has 0 bridgehead atoms. The zero-order chi connectivity index (χ0) is 28.6. The Kier molecular flexibility index (Phi) is 7.49. The maximum absolute atomic E-state index is 14.0. The molecule has 2 aliphatic heterocycles. The molecule has 1 fully saturated rings. The highest BCUT2D eigenvalue weighted by atomic mass is 16.5. The lowest BCUT2D eigenvalue weighted by Crippen LogP contribution is -2.47. The molecule has 212 valence electrons. The number of primary amides is 1. The van der Waals surface area contributed by atoms with Crippen LogP contribution in [0.1, 0.15) is 51.1 Å². The Hall–Kier alpha value is -4.01. The van der Waals surface area contributed by atoms with Crippen LogP contribution in [0, 0.1) is 11.3 Å². The lowest BCUT2D eigenvalue weighted by atomic mass is 9.73. The van der Waals surface area contributed by atoms with Gasteiger partial charge in [-0.15, -0.1) is 0 Å². The molecule has 1 unspecified atom stereocenters. The number of carbonyl (C=O) groups excluding carboxylic acids is 3. The Morgan fingerprint density at radius 1 is 1.02 bits per heavy atom. The van der Waals surface area contributed by atoms with E-state index in [4.69, 9.17) is 15.2 Å². The average Bonchev–Trinajstić information content (AvgIpc) is 3.06. The van der Waals surface area contributed by atoms with Crippen molar-refractivity contribution in [1.82, 2.24) is 4.90 Å². The van der Waals surface area contributed by atoms with Gasteiger partial charge in [0.1, 0.15) is 0 Å². The van der Waals surface area contributed by atoms with Gasteiger partial charge in [0.25, 0.3) is 0 Å². The highest BCUT2D eigenvalue weighted by Gasteiger charge is 2.43. The molecular weight excluding hydrogens is 508 g/mol. The van der Waals surface area contributed by atoms with Crippen LogP contribution in [0.15, 0.2) is 53.7 Å². The summed E-state index contributed by atoms with van der Waals surface area (Å²) in [5.41, 5.74) is 9.22. The highest BCUT2D eigenvalue weighted by molar-refractivity contribution is 6.02. The van der Waals surface area contributed by atoms with Crippen molar-refractivity contribution in [3.8, 4) is 11.5 Å². The standard InChI is InChI=1S/C31H38N4O5/c1-31(2)16-22-27(24(36)17-31)28(20-8-7-11-25(39-3)29(20)40-4)35(23-10-6-5-9-21(23)33-22)18-26(37)34-14-12-19(13-15-34)30(32)38/h5-11,19,28,33H,12-18H2,1-4H3,(H2,32,38). The molecule has 0 aromatic heterocycles. The molecule has 2 aromatic rings. The van der Waals surface area contributed by atoms with Gasteiger partial charge in [-0.2, -0.15) is 0 Å². The Balaban J connectivity index is 1.65. The third-order valence-corrected chi connectivity index (χ3v) is 8.29.